The third-order valence-corrected chi connectivity index (χ3v) is 5.25. The van der Waals surface area contributed by atoms with Gasteiger partial charge in [0, 0.05) is 5.56 Å². The molecule has 1 aromatic heterocycles. The molecule has 7 nitrogen and oxygen atoms in total. The summed E-state index contributed by atoms with van der Waals surface area (Å²) in [6.45, 7) is 1.58. The van der Waals surface area contributed by atoms with Gasteiger partial charge in [0.2, 0.25) is 11.7 Å². The molecule has 0 bridgehead atoms. The monoisotopic (exact) mass is 414 g/mol. The van der Waals surface area contributed by atoms with Gasteiger partial charge in [0.1, 0.15) is 17.9 Å². The lowest BCUT2D eigenvalue weighted by Crippen LogP contribution is -2.43. The Bertz CT molecular complexity index is 1090. The Morgan fingerprint density at radius 1 is 1.17 bits per heavy atom. The van der Waals surface area contributed by atoms with Crippen LogP contribution in [0, 0.1) is 5.82 Å². The van der Waals surface area contributed by atoms with Crippen molar-refractivity contribution in [1.29, 1.82) is 0 Å². The zero-order chi connectivity index (χ0) is 20.6. The summed E-state index contributed by atoms with van der Waals surface area (Å²) >= 11 is 6.14. The molecule has 0 aliphatic carbocycles. The molecule has 0 saturated carbocycles. The SMILES string of the molecule is CCC1(c2ccc(F)cc2)NC(=O)N(Cc2nc(-c3ccccc3Cl)no2)C1=O. The predicted octanol–water partition coefficient (Wildman–Crippen LogP) is 3.89. The van der Waals surface area contributed by atoms with Crippen LogP contribution in [0.1, 0.15) is 24.8 Å². The third-order valence-electron chi connectivity index (χ3n) is 4.92. The highest BCUT2D eigenvalue weighted by atomic mass is 35.5. The lowest BCUT2D eigenvalue weighted by atomic mass is 9.87. The summed E-state index contributed by atoms with van der Waals surface area (Å²) in [6.07, 6.45) is 0.300. The first kappa shape index (κ1) is 19.1. The Balaban J connectivity index is 1.60. The minimum absolute atomic E-state index is 0.0921. The molecule has 1 saturated heterocycles. The second-order valence-electron chi connectivity index (χ2n) is 6.58. The van der Waals surface area contributed by atoms with E-state index in [1.165, 1.54) is 24.3 Å². The molecule has 148 valence electrons. The van der Waals surface area contributed by atoms with E-state index in [-0.39, 0.29) is 18.3 Å². The molecule has 4 rings (SSSR count). The fourth-order valence-electron chi connectivity index (χ4n) is 3.35. The Kier molecular flexibility index (Phi) is 4.79. The lowest BCUT2D eigenvalue weighted by Gasteiger charge is -2.25. The highest BCUT2D eigenvalue weighted by Crippen LogP contribution is 2.33. The maximum atomic E-state index is 13.3. The first-order valence-corrected chi connectivity index (χ1v) is 9.30. The third kappa shape index (κ3) is 3.25. The van der Waals surface area contributed by atoms with Gasteiger partial charge in [0.05, 0.1) is 5.02 Å². The summed E-state index contributed by atoms with van der Waals surface area (Å²) in [5, 5.41) is 7.06. The van der Waals surface area contributed by atoms with E-state index in [0.29, 0.717) is 22.6 Å². The van der Waals surface area contributed by atoms with Gasteiger partial charge in [0.15, 0.2) is 0 Å². The van der Waals surface area contributed by atoms with Crippen molar-refractivity contribution < 1.29 is 18.5 Å². The minimum Gasteiger partial charge on any atom is -0.337 e. The highest BCUT2D eigenvalue weighted by molar-refractivity contribution is 6.33. The summed E-state index contributed by atoms with van der Waals surface area (Å²) in [5.41, 5.74) is -0.184. The number of benzene rings is 2. The number of nitrogens with one attached hydrogen (secondary N) is 1. The van der Waals surface area contributed by atoms with Crippen LogP contribution in [-0.2, 0) is 16.9 Å². The number of rotatable bonds is 5. The Morgan fingerprint density at radius 3 is 2.59 bits per heavy atom. The molecule has 3 aromatic rings. The van der Waals surface area contributed by atoms with Crippen LogP contribution in [0.2, 0.25) is 5.02 Å². The summed E-state index contributed by atoms with van der Waals surface area (Å²) in [6, 6.07) is 11.9. The molecule has 9 heteroatoms. The molecule has 2 heterocycles. The number of imide groups is 1. The number of carbonyl (C=O) groups is 2. The zero-order valence-corrected chi connectivity index (χ0v) is 16.1. The summed E-state index contributed by atoms with van der Waals surface area (Å²) in [7, 11) is 0. The lowest BCUT2D eigenvalue weighted by molar-refractivity contribution is -0.132. The molecule has 0 radical (unpaired) electrons. The normalized spacial score (nSPS) is 18.9. The van der Waals surface area contributed by atoms with Crippen LogP contribution in [-0.4, -0.2) is 27.0 Å². The van der Waals surface area contributed by atoms with E-state index in [1.807, 2.05) is 0 Å². The fraction of sp³-hybridized carbons (Fsp3) is 0.200. The number of aromatic nitrogens is 2. The van der Waals surface area contributed by atoms with E-state index in [2.05, 4.69) is 15.5 Å². The van der Waals surface area contributed by atoms with E-state index in [1.54, 1.807) is 31.2 Å². The van der Waals surface area contributed by atoms with Crippen molar-refractivity contribution in [3.8, 4) is 11.4 Å². The summed E-state index contributed by atoms with van der Waals surface area (Å²) in [5.74, 6) is -0.534. The van der Waals surface area contributed by atoms with Gasteiger partial charge >= 0.3 is 6.03 Å². The van der Waals surface area contributed by atoms with E-state index in [4.69, 9.17) is 16.1 Å². The topological polar surface area (TPSA) is 88.3 Å². The molecular formula is C20H16ClFN4O3. The van der Waals surface area contributed by atoms with Crippen LogP contribution in [0.25, 0.3) is 11.4 Å². The largest absolute Gasteiger partial charge is 0.337 e. The van der Waals surface area contributed by atoms with Gasteiger partial charge in [-0.3, -0.25) is 9.69 Å². The molecule has 1 fully saturated rings. The number of urea groups is 1. The van der Waals surface area contributed by atoms with Crippen LogP contribution in [0.5, 0.6) is 0 Å². The van der Waals surface area contributed by atoms with Crippen molar-refractivity contribution >= 4 is 23.5 Å². The second-order valence-corrected chi connectivity index (χ2v) is 6.99. The molecular weight excluding hydrogens is 399 g/mol. The van der Waals surface area contributed by atoms with Crippen LogP contribution < -0.4 is 5.32 Å². The van der Waals surface area contributed by atoms with Crippen molar-refractivity contribution in [1.82, 2.24) is 20.4 Å². The van der Waals surface area contributed by atoms with Crippen LogP contribution in [0.3, 0.4) is 0 Å². The van der Waals surface area contributed by atoms with E-state index >= 15 is 0 Å². The molecule has 0 spiro atoms. The number of amides is 3. The van der Waals surface area contributed by atoms with Gasteiger partial charge in [-0.05, 0) is 36.2 Å². The number of hydrogen-bond donors (Lipinski definition) is 1. The van der Waals surface area contributed by atoms with E-state index in [0.717, 1.165) is 4.90 Å². The number of hydrogen-bond acceptors (Lipinski definition) is 5. The van der Waals surface area contributed by atoms with E-state index in [9.17, 15) is 14.0 Å². The van der Waals surface area contributed by atoms with Crippen molar-refractivity contribution in [2.45, 2.75) is 25.4 Å². The Labute approximate surface area is 170 Å². The molecule has 1 aliphatic rings. The van der Waals surface area contributed by atoms with Gasteiger partial charge in [-0.15, -0.1) is 0 Å². The Hall–Kier alpha value is -3.26. The summed E-state index contributed by atoms with van der Waals surface area (Å²) < 4.78 is 18.5. The number of halogens is 2. The standard InChI is InChI=1S/C20H16ClFN4O3/c1-2-20(12-7-9-13(22)10-8-12)18(27)26(19(28)24-20)11-16-23-17(25-29-16)14-5-3-4-6-15(14)21/h3-10H,2,11H2,1H3,(H,24,28). The fourth-order valence-corrected chi connectivity index (χ4v) is 3.57. The highest BCUT2D eigenvalue weighted by Gasteiger charge is 2.51. The molecule has 29 heavy (non-hydrogen) atoms. The van der Waals surface area contributed by atoms with Crippen LogP contribution in [0.15, 0.2) is 53.1 Å². The van der Waals surface area contributed by atoms with Crippen LogP contribution in [0.4, 0.5) is 9.18 Å². The molecule has 1 unspecified atom stereocenters. The summed E-state index contributed by atoms with van der Waals surface area (Å²) in [4.78, 5) is 30.9. The minimum atomic E-state index is -1.27. The molecule has 3 amide bonds. The average Bonchev–Trinajstić information content (AvgIpc) is 3.28. The Morgan fingerprint density at radius 2 is 1.90 bits per heavy atom. The van der Waals surface area contributed by atoms with Crippen molar-refractivity contribution in [3.63, 3.8) is 0 Å². The van der Waals surface area contributed by atoms with Gasteiger partial charge in [-0.25, -0.2) is 9.18 Å². The van der Waals surface area contributed by atoms with Gasteiger partial charge in [0.25, 0.3) is 5.91 Å². The molecule has 1 N–H and O–H groups in total. The maximum absolute atomic E-state index is 13.3. The van der Waals surface area contributed by atoms with Crippen LogP contribution >= 0.6 is 11.6 Å². The zero-order valence-electron chi connectivity index (χ0n) is 15.4. The second kappa shape index (κ2) is 7.29. The average molecular weight is 415 g/mol. The maximum Gasteiger partial charge on any atom is 0.325 e. The van der Waals surface area contributed by atoms with Gasteiger partial charge in [-0.1, -0.05) is 47.9 Å². The predicted molar refractivity (Wildman–Crippen MR) is 102 cm³/mol. The molecule has 1 atom stereocenters. The number of carbonyl (C=O) groups excluding carboxylic acids is 2. The first-order chi connectivity index (χ1) is 13.9. The van der Waals surface area contributed by atoms with Crippen molar-refractivity contribution in [2.24, 2.45) is 0 Å². The molecule has 2 aromatic carbocycles. The molecule has 1 aliphatic heterocycles. The van der Waals surface area contributed by atoms with Gasteiger partial charge < -0.3 is 9.84 Å². The number of nitrogens with zero attached hydrogens (tertiary/aromatic N) is 3. The van der Waals surface area contributed by atoms with E-state index < -0.39 is 23.3 Å². The first-order valence-electron chi connectivity index (χ1n) is 8.92. The van der Waals surface area contributed by atoms with Crippen molar-refractivity contribution in [3.05, 3.63) is 70.8 Å². The smallest absolute Gasteiger partial charge is 0.325 e. The quantitative estimate of drug-likeness (QED) is 0.640. The van der Waals surface area contributed by atoms with Crippen molar-refractivity contribution in [2.75, 3.05) is 0 Å². The van der Waals surface area contributed by atoms with Gasteiger partial charge in [-0.2, -0.15) is 4.98 Å².